The van der Waals surface area contributed by atoms with Gasteiger partial charge in [-0.3, -0.25) is 4.79 Å². The van der Waals surface area contributed by atoms with Crippen LogP contribution in [0, 0.1) is 5.82 Å². The van der Waals surface area contributed by atoms with E-state index in [9.17, 15) is 9.18 Å². The molecule has 5 heteroatoms. The molecule has 21 heavy (non-hydrogen) atoms. The van der Waals surface area contributed by atoms with Gasteiger partial charge in [-0.1, -0.05) is 42.3 Å². The molecule has 2 aromatic rings. The summed E-state index contributed by atoms with van der Waals surface area (Å²) < 4.78 is 12.9. The van der Waals surface area contributed by atoms with Crippen LogP contribution in [0.1, 0.15) is 28.8 Å². The molecule has 0 aromatic heterocycles. The van der Waals surface area contributed by atoms with Crippen molar-refractivity contribution in [1.82, 2.24) is 5.32 Å². The first-order valence-electron chi connectivity index (χ1n) is 6.46. The molecule has 2 aromatic carbocycles. The number of carbonyl (C=O) groups excluding carboxylic acids is 1. The van der Waals surface area contributed by atoms with Crippen molar-refractivity contribution in [1.29, 1.82) is 0 Å². The molecule has 0 aliphatic carbocycles. The van der Waals surface area contributed by atoms with Gasteiger partial charge in [0, 0.05) is 11.6 Å². The Balaban J connectivity index is 2.00. The Bertz CT molecular complexity index is 643. The van der Waals surface area contributed by atoms with Crippen molar-refractivity contribution in [3.05, 3.63) is 69.5 Å². The molecule has 0 aliphatic rings. The van der Waals surface area contributed by atoms with Gasteiger partial charge in [0.25, 0.3) is 5.91 Å². The number of benzene rings is 2. The number of halogens is 3. The minimum Gasteiger partial charge on any atom is -0.351 e. The van der Waals surface area contributed by atoms with Crippen molar-refractivity contribution < 1.29 is 9.18 Å². The third-order valence-electron chi connectivity index (χ3n) is 3.18. The Labute approximate surface area is 132 Å². The van der Waals surface area contributed by atoms with E-state index in [2.05, 4.69) is 5.32 Å². The lowest BCUT2D eigenvalue weighted by molar-refractivity contribution is 0.0952. The summed E-state index contributed by atoms with van der Waals surface area (Å²) in [5.74, 6) is -0.496. The fourth-order valence-corrected chi connectivity index (χ4v) is 2.30. The Morgan fingerprint density at radius 3 is 2.52 bits per heavy atom. The molecule has 2 nitrogen and oxygen atoms in total. The number of hydrogen-bond acceptors (Lipinski definition) is 1. The van der Waals surface area contributed by atoms with Crippen LogP contribution in [0.25, 0.3) is 0 Å². The van der Waals surface area contributed by atoms with Crippen LogP contribution in [0.4, 0.5) is 4.39 Å². The molecule has 1 unspecified atom stereocenters. The van der Waals surface area contributed by atoms with Gasteiger partial charge in [0.1, 0.15) is 5.82 Å². The van der Waals surface area contributed by atoms with Crippen molar-refractivity contribution in [3.63, 3.8) is 0 Å². The number of nitrogens with one attached hydrogen (secondary N) is 1. The van der Waals surface area contributed by atoms with Gasteiger partial charge in [0.15, 0.2) is 0 Å². The van der Waals surface area contributed by atoms with Gasteiger partial charge in [0.2, 0.25) is 0 Å². The summed E-state index contributed by atoms with van der Waals surface area (Å²) in [4.78, 5) is 12.1. The fourth-order valence-electron chi connectivity index (χ4n) is 1.92. The summed E-state index contributed by atoms with van der Waals surface area (Å²) in [6.45, 7) is 2.38. The normalized spacial score (nSPS) is 12.0. The molecular formula is C16H14Cl2FNO. The van der Waals surface area contributed by atoms with Crippen LogP contribution in [0.5, 0.6) is 0 Å². The molecule has 0 saturated carbocycles. The summed E-state index contributed by atoms with van der Waals surface area (Å²) >= 11 is 11.8. The van der Waals surface area contributed by atoms with Crippen molar-refractivity contribution in [2.24, 2.45) is 0 Å². The SMILES string of the molecule is CC(CNC(=O)c1cc(Cl)ccc1Cl)c1ccc(F)cc1. The lowest BCUT2D eigenvalue weighted by atomic mass is 10.0. The predicted molar refractivity (Wildman–Crippen MR) is 83.6 cm³/mol. The molecule has 110 valence electrons. The largest absolute Gasteiger partial charge is 0.351 e. The second kappa shape index (κ2) is 6.92. The first kappa shape index (κ1) is 15.8. The zero-order valence-corrected chi connectivity index (χ0v) is 12.9. The molecule has 1 atom stereocenters. The summed E-state index contributed by atoms with van der Waals surface area (Å²) in [5.41, 5.74) is 1.30. The molecule has 0 radical (unpaired) electrons. The highest BCUT2D eigenvalue weighted by Crippen LogP contribution is 2.21. The summed E-state index contributed by atoms with van der Waals surface area (Å²) in [6, 6.07) is 11.0. The van der Waals surface area contributed by atoms with Crippen LogP contribution in [0.2, 0.25) is 10.0 Å². The van der Waals surface area contributed by atoms with Gasteiger partial charge in [-0.2, -0.15) is 0 Å². The Hall–Kier alpha value is -1.58. The summed E-state index contributed by atoms with van der Waals surface area (Å²) in [6.07, 6.45) is 0. The van der Waals surface area contributed by atoms with Gasteiger partial charge in [-0.15, -0.1) is 0 Å². The molecule has 1 amide bonds. The molecule has 0 heterocycles. The van der Waals surface area contributed by atoms with E-state index in [1.807, 2.05) is 6.92 Å². The molecule has 0 fully saturated rings. The second-order valence-corrected chi connectivity index (χ2v) is 5.63. The van der Waals surface area contributed by atoms with Gasteiger partial charge < -0.3 is 5.32 Å². The van der Waals surface area contributed by atoms with E-state index in [1.54, 1.807) is 24.3 Å². The Morgan fingerprint density at radius 2 is 1.86 bits per heavy atom. The molecule has 1 N–H and O–H groups in total. The highest BCUT2D eigenvalue weighted by atomic mass is 35.5. The summed E-state index contributed by atoms with van der Waals surface area (Å²) in [5, 5.41) is 3.61. The van der Waals surface area contributed by atoms with Gasteiger partial charge in [-0.05, 0) is 41.8 Å². The lowest BCUT2D eigenvalue weighted by Crippen LogP contribution is -2.27. The molecule has 0 aliphatic heterocycles. The topological polar surface area (TPSA) is 29.1 Å². The van der Waals surface area contributed by atoms with Crippen LogP contribution in [0.15, 0.2) is 42.5 Å². The monoisotopic (exact) mass is 325 g/mol. The maximum Gasteiger partial charge on any atom is 0.252 e. The van der Waals surface area contributed by atoms with Gasteiger partial charge >= 0.3 is 0 Å². The fraction of sp³-hybridized carbons (Fsp3) is 0.188. The van der Waals surface area contributed by atoms with E-state index in [1.165, 1.54) is 18.2 Å². The van der Waals surface area contributed by atoms with Crippen molar-refractivity contribution in [3.8, 4) is 0 Å². The number of hydrogen-bond donors (Lipinski definition) is 1. The molecule has 2 rings (SSSR count). The number of rotatable bonds is 4. The van der Waals surface area contributed by atoms with Crippen LogP contribution in [-0.4, -0.2) is 12.5 Å². The highest BCUT2D eigenvalue weighted by Gasteiger charge is 2.13. The second-order valence-electron chi connectivity index (χ2n) is 4.79. The van der Waals surface area contributed by atoms with Crippen molar-refractivity contribution >= 4 is 29.1 Å². The van der Waals surface area contributed by atoms with Gasteiger partial charge in [-0.25, -0.2) is 4.39 Å². The molecule has 0 bridgehead atoms. The highest BCUT2D eigenvalue weighted by molar-refractivity contribution is 6.35. The molecular weight excluding hydrogens is 312 g/mol. The van der Waals surface area contributed by atoms with E-state index < -0.39 is 0 Å². The average molecular weight is 326 g/mol. The van der Waals surface area contributed by atoms with Gasteiger partial charge in [0.05, 0.1) is 10.6 Å². The predicted octanol–water partition coefficient (Wildman–Crippen LogP) is 4.67. The van der Waals surface area contributed by atoms with E-state index in [0.29, 0.717) is 22.2 Å². The van der Waals surface area contributed by atoms with Crippen LogP contribution >= 0.6 is 23.2 Å². The Morgan fingerprint density at radius 1 is 1.19 bits per heavy atom. The molecule has 0 saturated heterocycles. The van der Waals surface area contributed by atoms with E-state index in [4.69, 9.17) is 23.2 Å². The Kier molecular flexibility index (Phi) is 5.21. The van der Waals surface area contributed by atoms with E-state index >= 15 is 0 Å². The standard InChI is InChI=1S/C16H14Cl2FNO/c1-10(11-2-5-13(19)6-3-11)9-20-16(21)14-8-12(17)4-7-15(14)18/h2-8,10H,9H2,1H3,(H,20,21). The third kappa shape index (κ3) is 4.19. The van der Waals surface area contributed by atoms with Crippen LogP contribution in [-0.2, 0) is 0 Å². The number of amides is 1. The lowest BCUT2D eigenvalue weighted by Gasteiger charge is -2.13. The number of carbonyl (C=O) groups is 1. The minimum atomic E-state index is -0.281. The first-order valence-corrected chi connectivity index (χ1v) is 7.21. The van der Waals surface area contributed by atoms with Crippen LogP contribution < -0.4 is 5.32 Å². The quantitative estimate of drug-likeness (QED) is 0.869. The van der Waals surface area contributed by atoms with E-state index in [-0.39, 0.29) is 17.6 Å². The summed E-state index contributed by atoms with van der Waals surface area (Å²) in [7, 11) is 0. The minimum absolute atomic E-state index is 0.0625. The maximum absolute atomic E-state index is 12.9. The first-order chi connectivity index (χ1) is 9.97. The zero-order valence-electron chi connectivity index (χ0n) is 11.4. The van der Waals surface area contributed by atoms with Crippen molar-refractivity contribution in [2.45, 2.75) is 12.8 Å². The smallest absolute Gasteiger partial charge is 0.252 e. The maximum atomic E-state index is 12.9. The zero-order chi connectivity index (χ0) is 15.4. The van der Waals surface area contributed by atoms with Crippen molar-refractivity contribution in [2.75, 3.05) is 6.54 Å². The molecule has 0 spiro atoms. The van der Waals surface area contributed by atoms with E-state index in [0.717, 1.165) is 5.56 Å². The third-order valence-corrected chi connectivity index (χ3v) is 3.75. The average Bonchev–Trinajstić information content (AvgIpc) is 2.47. The van der Waals surface area contributed by atoms with Crippen LogP contribution in [0.3, 0.4) is 0 Å².